The molecule has 0 bridgehead atoms. The van der Waals surface area contributed by atoms with Crippen LogP contribution in [0.4, 0.5) is 11.4 Å². The minimum absolute atomic E-state index is 0.0373. The number of hydrogen-bond acceptors (Lipinski definition) is 7. The SMILES string of the molecule is CCCCC(CC)CC(CCCCCCCC(=O)O)(CC(CC)CCCC)C(=O)O.CCCCCCCC(OC(CCCCCCC)c1ccccc1[N+](=O)[O-])c1ccccc1[N+](=O)[O-]. The lowest BCUT2D eigenvalue weighted by atomic mass is 9.67. The molecule has 4 atom stereocenters. The molecule has 0 aliphatic carbocycles. The number of carbonyl (C=O) groups is 2. The second kappa shape index (κ2) is 36.3. The fourth-order valence-corrected chi connectivity index (χ4v) is 9.34. The van der Waals surface area contributed by atoms with E-state index in [1.807, 2.05) is 0 Å². The second-order valence-electron chi connectivity index (χ2n) is 18.6. The summed E-state index contributed by atoms with van der Waals surface area (Å²) in [6.45, 7) is 13.2. The molecular formula is C54H90N2O9. The van der Waals surface area contributed by atoms with E-state index in [0.29, 0.717) is 35.8 Å². The lowest BCUT2D eigenvalue weighted by Crippen LogP contribution is -2.36. The molecular weight excluding hydrogens is 821 g/mol. The summed E-state index contributed by atoms with van der Waals surface area (Å²) < 4.78 is 6.61. The zero-order valence-corrected chi connectivity index (χ0v) is 41.6. The Kier molecular flexibility index (Phi) is 33.0. The van der Waals surface area contributed by atoms with Crippen molar-refractivity contribution in [2.24, 2.45) is 17.3 Å². The van der Waals surface area contributed by atoms with Gasteiger partial charge in [0.05, 0.1) is 38.6 Å². The molecule has 0 fully saturated rings. The van der Waals surface area contributed by atoms with Crippen LogP contribution in [0.3, 0.4) is 0 Å². The third kappa shape index (κ3) is 24.5. The Bertz CT molecular complexity index is 1490. The van der Waals surface area contributed by atoms with E-state index >= 15 is 0 Å². The number of ether oxygens (including phenoxy) is 1. The summed E-state index contributed by atoms with van der Waals surface area (Å²) in [5, 5.41) is 42.7. The highest BCUT2D eigenvalue weighted by Gasteiger charge is 2.41. The van der Waals surface area contributed by atoms with Gasteiger partial charge in [-0.2, -0.15) is 0 Å². The summed E-state index contributed by atoms with van der Waals surface area (Å²) in [5.74, 6) is -0.311. The van der Waals surface area contributed by atoms with Gasteiger partial charge in [0.2, 0.25) is 0 Å². The van der Waals surface area contributed by atoms with Crippen molar-refractivity contribution in [3.05, 3.63) is 79.9 Å². The molecule has 65 heavy (non-hydrogen) atoms. The number of nitro groups is 2. The van der Waals surface area contributed by atoms with E-state index in [1.165, 1.54) is 37.8 Å². The fraction of sp³-hybridized carbons (Fsp3) is 0.741. The molecule has 0 spiro atoms. The third-order valence-electron chi connectivity index (χ3n) is 13.4. The molecule has 2 rings (SSSR count). The van der Waals surface area contributed by atoms with E-state index in [-0.39, 0.29) is 27.6 Å². The van der Waals surface area contributed by atoms with Gasteiger partial charge in [-0.3, -0.25) is 29.8 Å². The monoisotopic (exact) mass is 911 g/mol. The molecule has 11 nitrogen and oxygen atoms in total. The molecule has 0 radical (unpaired) electrons. The molecule has 2 aromatic carbocycles. The molecule has 4 unspecified atom stereocenters. The summed E-state index contributed by atoms with van der Waals surface area (Å²) in [4.78, 5) is 46.1. The van der Waals surface area contributed by atoms with Crippen LogP contribution in [0.1, 0.15) is 251 Å². The maximum Gasteiger partial charge on any atom is 0.309 e. The van der Waals surface area contributed by atoms with Crippen molar-refractivity contribution in [3.8, 4) is 0 Å². The van der Waals surface area contributed by atoms with Gasteiger partial charge in [-0.05, 0) is 62.5 Å². The topological polar surface area (TPSA) is 170 Å². The number of unbranched alkanes of at least 4 members (excludes halogenated alkanes) is 14. The maximum absolute atomic E-state index is 12.6. The number of carboxylic acids is 2. The van der Waals surface area contributed by atoms with Crippen LogP contribution in [0, 0.1) is 37.5 Å². The van der Waals surface area contributed by atoms with Gasteiger partial charge in [-0.15, -0.1) is 0 Å². The first-order chi connectivity index (χ1) is 31.3. The number of rotatable bonds is 39. The lowest BCUT2D eigenvalue weighted by Gasteiger charge is -2.36. The molecule has 0 heterocycles. The van der Waals surface area contributed by atoms with E-state index in [9.17, 15) is 34.9 Å². The minimum atomic E-state index is -0.727. The summed E-state index contributed by atoms with van der Waals surface area (Å²) in [5.41, 5.74) is 0.569. The lowest BCUT2D eigenvalue weighted by molar-refractivity contribution is -0.387. The first kappa shape index (κ1) is 59.2. The minimum Gasteiger partial charge on any atom is -0.481 e. The van der Waals surface area contributed by atoms with Crippen molar-refractivity contribution in [3.63, 3.8) is 0 Å². The van der Waals surface area contributed by atoms with Crippen LogP contribution >= 0.6 is 0 Å². The maximum atomic E-state index is 12.6. The fourth-order valence-electron chi connectivity index (χ4n) is 9.34. The summed E-state index contributed by atoms with van der Waals surface area (Å²) in [6, 6.07) is 13.4. The van der Waals surface area contributed by atoms with Crippen LogP contribution in [0.5, 0.6) is 0 Å². The van der Waals surface area contributed by atoms with Crippen LogP contribution in [0.15, 0.2) is 48.5 Å². The van der Waals surface area contributed by atoms with Crippen LogP contribution < -0.4 is 0 Å². The van der Waals surface area contributed by atoms with Gasteiger partial charge in [0.15, 0.2) is 0 Å². The van der Waals surface area contributed by atoms with Crippen molar-refractivity contribution >= 4 is 23.3 Å². The molecule has 0 aliphatic rings. The van der Waals surface area contributed by atoms with E-state index in [0.717, 1.165) is 141 Å². The molecule has 0 saturated carbocycles. The number of benzene rings is 2. The molecule has 2 aromatic rings. The van der Waals surface area contributed by atoms with Crippen LogP contribution in [0.25, 0.3) is 0 Å². The summed E-state index contributed by atoms with van der Waals surface area (Å²) in [6.07, 6.45) is 27.3. The number of nitro benzene ring substituents is 2. The van der Waals surface area contributed by atoms with E-state index in [1.54, 1.807) is 36.4 Å². The Hall–Kier alpha value is -3.86. The molecule has 11 heteroatoms. The van der Waals surface area contributed by atoms with Gasteiger partial charge in [0.1, 0.15) is 0 Å². The average Bonchev–Trinajstić information content (AvgIpc) is 3.30. The van der Waals surface area contributed by atoms with Gasteiger partial charge < -0.3 is 14.9 Å². The Labute approximate surface area is 393 Å². The molecule has 370 valence electrons. The Morgan fingerprint density at radius 2 is 0.923 bits per heavy atom. The van der Waals surface area contributed by atoms with E-state index in [4.69, 9.17) is 9.84 Å². The first-order valence-corrected chi connectivity index (χ1v) is 25.9. The van der Waals surface area contributed by atoms with Crippen molar-refractivity contribution in [2.45, 2.75) is 240 Å². The van der Waals surface area contributed by atoms with Crippen LogP contribution in [0.2, 0.25) is 0 Å². The van der Waals surface area contributed by atoms with Gasteiger partial charge >= 0.3 is 11.9 Å². The van der Waals surface area contributed by atoms with Crippen LogP contribution in [-0.2, 0) is 14.3 Å². The quantitative estimate of drug-likeness (QED) is 0.0376. The predicted molar refractivity (Wildman–Crippen MR) is 265 cm³/mol. The van der Waals surface area contributed by atoms with E-state index < -0.39 is 29.6 Å². The molecule has 0 aromatic heterocycles. The highest BCUT2D eigenvalue weighted by Crippen LogP contribution is 2.44. The molecule has 0 aliphatic heterocycles. The molecule has 2 N–H and O–H groups in total. The van der Waals surface area contributed by atoms with Gasteiger partial charge in [-0.1, -0.05) is 207 Å². The summed E-state index contributed by atoms with van der Waals surface area (Å²) in [7, 11) is 0. The van der Waals surface area contributed by atoms with Crippen molar-refractivity contribution in [1.29, 1.82) is 0 Å². The predicted octanol–water partition coefficient (Wildman–Crippen LogP) is 17.1. The second-order valence-corrected chi connectivity index (χ2v) is 18.6. The average molecular weight is 911 g/mol. The smallest absolute Gasteiger partial charge is 0.309 e. The zero-order valence-electron chi connectivity index (χ0n) is 41.6. The number of aliphatic carboxylic acids is 2. The van der Waals surface area contributed by atoms with Crippen molar-refractivity contribution in [2.75, 3.05) is 0 Å². The Balaban J connectivity index is 0.000000659. The first-order valence-electron chi connectivity index (χ1n) is 25.9. The van der Waals surface area contributed by atoms with Gasteiger partial charge in [-0.25, -0.2) is 0 Å². The number of hydrogen-bond donors (Lipinski definition) is 2. The number of carboxylic acid groups (broad SMARTS) is 2. The Morgan fingerprint density at radius 3 is 1.31 bits per heavy atom. The van der Waals surface area contributed by atoms with Crippen molar-refractivity contribution < 1.29 is 34.4 Å². The highest BCUT2D eigenvalue weighted by molar-refractivity contribution is 5.74. The number of nitrogens with zero attached hydrogens (tertiary/aromatic N) is 2. The Morgan fingerprint density at radius 1 is 0.538 bits per heavy atom. The largest absolute Gasteiger partial charge is 0.481 e. The van der Waals surface area contributed by atoms with E-state index in [2.05, 4.69) is 41.5 Å². The zero-order chi connectivity index (χ0) is 48.3. The number of para-hydroxylation sites is 2. The van der Waals surface area contributed by atoms with Crippen molar-refractivity contribution in [1.82, 2.24) is 0 Å². The third-order valence-corrected chi connectivity index (χ3v) is 13.4. The standard InChI is InChI=1S/C28H40N2O5.C26H50O4/c1-3-5-7-9-11-21-27(23-17-13-15-19-25(23)29(31)32)35-28(22-12-10-8-6-4-2)24-18-14-16-20-26(24)30(33)34;1-5-9-16-22(7-3)20-26(25(29)30,21-23(8-4)17-10-6-2)19-15-13-11-12-14-18-24(27)28/h13-20,27-28H,3-12,21-22H2,1-2H3;22-23H,5-21H2,1-4H3,(H,27,28)(H,29,30). The molecule has 0 saturated heterocycles. The highest BCUT2D eigenvalue weighted by atomic mass is 16.6. The normalized spacial score (nSPS) is 14.1. The van der Waals surface area contributed by atoms with Gasteiger partial charge in [0.25, 0.3) is 11.4 Å². The van der Waals surface area contributed by atoms with Crippen LogP contribution in [-0.4, -0.2) is 32.0 Å². The summed E-state index contributed by atoms with van der Waals surface area (Å²) >= 11 is 0. The molecule has 0 amide bonds. The van der Waals surface area contributed by atoms with Gasteiger partial charge in [0, 0.05) is 18.6 Å².